The van der Waals surface area contributed by atoms with Gasteiger partial charge in [0.05, 0.1) is 10.9 Å². The van der Waals surface area contributed by atoms with Crippen LogP contribution < -0.4 is 11.2 Å². The molecule has 5 nitrogen and oxygen atoms in total. The van der Waals surface area contributed by atoms with Crippen molar-refractivity contribution in [3.05, 3.63) is 74.8 Å². The van der Waals surface area contributed by atoms with Crippen molar-refractivity contribution in [2.45, 2.75) is 43.9 Å². The largest absolute Gasteiger partial charge is 0.364 e. The number of aromatic nitrogens is 2. The second-order valence-corrected chi connectivity index (χ2v) is 9.05. The molecule has 0 spiro atoms. The molecule has 2 heterocycles. The van der Waals surface area contributed by atoms with Gasteiger partial charge in [0.2, 0.25) is 0 Å². The van der Waals surface area contributed by atoms with Gasteiger partial charge in [-0.3, -0.25) is 14.6 Å². The Balaban J connectivity index is 1.69. The number of primary amides is 1. The number of alkyl halides is 2. The van der Waals surface area contributed by atoms with Crippen molar-refractivity contribution >= 4 is 16.8 Å². The van der Waals surface area contributed by atoms with Gasteiger partial charge in [-0.05, 0) is 54.9 Å². The molecule has 5 rings (SSSR count). The fourth-order valence-electron chi connectivity index (χ4n) is 5.96. The number of halogens is 4. The quantitative estimate of drug-likeness (QED) is 0.564. The van der Waals surface area contributed by atoms with E-state index in [1.165, 1.54) is 31.3 Å². The number of aromatic amines is 1. The molecule has 1 amide bonds. The molecule has 172 valence electrons. The first-order valence-corrected chi connectivity index (χ1v) is 10.7. The molecule has 3 N–H and O–H groups in total. The number of nitrogens with one attached hydrogen (secondary N) is 1. The Labute approximate surface area is 186 Å². The van der Waals surface area contributed by atoms with Gasteiger partial charge < -0.3 is 10.7 Å². The predicted octanol–water partition coefficient (Wildman–Crippen LogP) is 4.54. The molecule has 2 aliphatic rings. The normalized spacial score (nSPS) is 26.0. The van der Waals surface area contributed by atoms with E-state index in [0.717, 1.165) is 6.07 Å². The van der Waals surface area contributed by atoms with E-state index in [1.807, 2.05) is 0 Å². The van der Waals surface area contributed by atoms with Crippen LogP contribution in [0.5, 0.6) is 0 Å². The summed E-state index contributed by atoms with van der Waals surface area (Å²) in [6.45, 7) is 1.44. The fourth-order valence-corrected chi connectivity index (χ4v) is 5.96. The molecule has 2 aromatic heterocycles. The SMILES string of the molecule is Cc1c(C2[C@H]3CCC(F)(F)C3C[C@@H]2c2cc(=O)c3c(C(N)=O)nccc3[nH]2)ccc(F)c1F. The summed E-state index contributed by atoms with van der Waals surface area (Å²) in [7, 11) is 0. The third kappa shape index (κ3) is 3.24. The van der Waals surface area contributed by atoms with E-state index in [-0.39, 0.29) is 35.9 Å². The van der Waals surface area contributed by atoms with Gasteiger partial charge in [0.15, 0.2) is 17.1 Å². The van der Waals surface area contributed by atoms with E-state index in [0.29, 0.717) is 16.8 Å². The van der Waals surface area contributed by atoms with Crippen LogP contribution in [0.4, 0.5) is 17.6 Å². The van der Waals surface area contributed by atoms with Gasteiger partial charge in [0.25, 0.3) is 11.8 Å². The van der Waals surface area contributed by atoms with Crippen molar-refractivity contribution in [3.63, 3.8) is 0 Å². The lowest BCUT2D eigenvalue weighted by molar-refractivity contribution is -0.0415. The average Bonchev–Trinajstić information content (AvgIpc) is 3.29. The number of hydrogen-bond donors (Lipinski definition) is 2. The minimum atomic E-state index is -2.87. The maximum Gasteiger partial charge on any atom is 0.268 e. The summed E-state index contributed by atoms with van der Waals surface area (Å²) in [5.74, 6) is -8.16. The predicted molar refractivity (Wildman–Crippen MR) is 113 cm³/mol. The van der Waals surface area contributed by atoms with Crippen molar-refractivity contribution in [2.75, 3.05) is 0 Å². The van der Waals surface area contributed by atoms with Crippen LogP contribution in [0.15, 0.2) is 35.3 Å². The summed E-state index contributed by atoms with van der Waals surface area (Å²) < 4.78 is 57.7. The number of nitrogens with zero attached hydrogens (tertiary/aromatic N) is 1. The maximum atomic E-state index is 14.7. The van der Waals surface area contributed by atoms with Crippen molar-refractivity contribution in [3.8, 4) is 0 Å². The number of pyridine rings is 2. The molecule has 2 aliphatic carbocycles. The van der Waals surface area contributed by atoms with Crippen LogP contribution in [-0.4, -0.2) is 21.8 Å². The minimum absolute atomic E-state index is 0.0258. The monoisotopic (exact) mass is 459 g/mol. The Bertz CT molecular complexity index is 1350. The summed E-state index contributed by atoms with van der Waals surface area (Å²) in [5, 5.41) is 0.0258. The number of carbonyl (C=O) groups is 1. The standard InChI is InChI=1S/C24H21F4N3O2/c1-10-11(2-3-15(25)21(10)26)19-12-4-6-24(27,28)14(12)8-13(19)17-9-18(32)20-16(31-17)5-7-30-22(20)23(29)33/h2-3,5,7,9,12-14,19H,4,6,8H2,1H3,(H2,29,33)(H,31,32)/t12-,13+,14?,19?/m0/s1. The molecule has 4 atom stereocenters. The number of H-pyrrole nitrogens is 1. The highest BCUT2D eigenvalue weighted by Gasteiger charge is 2.59. The van der Waals surface area contributed by atoms with Crippen molar-refractivity contribution in [1.29, 1.82) is 0 Å². The summed E-state index contributed by atoms with van der Waals surface area (Å²) in [6, 6.07) is 5.26. The molecule has 2 saturated carbocycles. The third-order valence-electron chi connectivity index (χ3n) is 7.41. The van der Waals surface area contributed by atoms with Crippen LogP contribution in [0, 0.1) is 30.4 Å². The summed E-state index contributed by atoms with van der Waals surface area (Å²) in [5.41, 5.74) is 5.93. The van der Waals surface area contributed by atoms with Crippen LogP contribution >= 0.6 is 0 Å². The summed E-state index contributed by atoms with van der Waals surface area (Å²) in [4.78, 5) is 31.6. The highest BCUT2D eigenvalue weighted by Crippen LogP contribution is 2.63. The molecule has 0 saturated heterocycles. The molecular weight excluding hydrogens is 438 g/mol. The number of amides is 1. The van der Waals surface area contributed by atoms with Gasteiger partial charge in [0.1, 0.15) is 5.69 Å². The number of hydrogen-bond acceptors (Lipinski definition) is 3. The highest BCUT2D eigenvalue weighted by atomic mass is 19.3. The lowest BCUT2D eigenvalue weighted by Gasteiger charge is -2.27. The number of rotatable bonds is 3. The van der Waals surface area contributed by atoms with Gasteiger partial charge in [-0.2, -0.15) is 0 Å². The Kier molecular flexibility index (Phi) is 4.84. The first kappa shape index (κ1) is 21.6. The molecule has 0 bridgehead atoms. The van der Waals surface area contributed by atoms with Crippen molar-refractivity contribution in [2.24, 2.45) is 17.6 Å². The Morgan fingerprint density at radius 2 is 2.00 bits per heavy atom. The molecule has 9 heteroatoms. The smallest absolute Gasteiger partial charge is 0.268 e. The van der Waals surface area contributed by atoms with Crippen LogP contribution in [0.1, 0.15) is 58.4 Å². The first-order valence-electron chi connectivity index (χ1n) is 10.7. The van der Waals surface area contributed by atoms with Gasteiger partial charge in [-0.15, -0.1) is 0 Å². The highest BCUT2D eigenvalue weighted by molar-refractivity contribution is 6.03. The molecular formula is C24H21F4N3O2. The number of benzene rings is 1. The number of carbonyl (C=O) groups excluding carboxylic acids is 1. The lowest BCUT2D eigenvalue weighted by atomic mass is 9.78. The van der Waals surface area contributed by atoms with E-state index in [9.17, 15) is 27.2 Å². The van der Waals surface area contributed by atoms with Crippen molar-refractivity contribution in [1.82, 2.24) is 9.97 Å². The van der Waals surface area contributed by atoms with E-state index in [1.54, 1.807) is 0 Å². The van der Waals surface area contributed by atoms with E-state index in [2.05, 4.69) is 9.97 Å². The second kappa shape index (κ2) is 7.40. The lowest BCUT2D eigenvalue weighted by Crippen LogP contribution is -2.23. The van der Waals surface area contributed by atoms with Gasteiger partial charge in [-0.25, -0.2) is 17.6 Å². The second-order valence-electron chi connectivity index (χ2n) is 9.05. The number of fused-ring (bicyclic) bond motifs is 2. The topological polar surface area (TPSA) is 88.8 Å². The molecule has 1 aromatic carbocycles. The van der Waals surface area contributed by atoms with Crippen LogP contribution in [0.2, 0.25) is 0 Å². The molecule has 33 heavy (non-hydrogen) atoms. The fraction of sp³-hybridized carbons (Fsp3) is 0.375. The molecule has 0 aliphatic heterocycles. The first-order chi connectivity index (χ1) is 15.6. The van der Waals surface area contributed by atoms with E-state index < -0.39 is 52.6 Å². The van der Waals surface area contributed by atoms with Gasteiger partial charge in [0, 0.05) is 36.2 Å². The van der Waals surface area contributed by atoms with Gasteiger partial charge >= 0.3 is 0 Å². The van der Waals surface area contributed by atoms with Crippen LogP contribution in [0.3, 0.4) is 0 Å². The Morgan fingerprint density at radius 3 is 2.73 bits per heavy atom. The summed E-state index contributed by atoms with van der Waals surface area (Å²) >= 11 is 0. The maximum absolute atomic E-state index is 14.7. The minimum Gasteiger partial charge on any atom is -0.364 e. The zero-order valence-electron chi connectivity index (χ0n) is 17.7. The van der Waals surface area contributed by atoms with E-state index in [4.69, 9.17) is 5.73 Å². The van der Waals surface area contributed by atoms with Crippen LogP contribution in [-0.2, 0) is 0 Å². The zero-order chi connectivity index (χ0) is 23.7. The zero-order valence-corrected chi connectivity index (χ0v) is 17.7. The molecule has 2 fully saturated rings. The average molecular weight is 459 g/mol. The third-order valence-corrected chi connectivity index (χ3v) is 7.41. The van der Waals surface area contributed by atoms with E-state index >= 15 is 0 Å². The molecule has 2 unspecified atom stereocenters. The van der Waals surface area contributed by atoms with Crippen molar-refractivity contribution < 1.29 is 22.4 Å². The molecule has 0 radical (unpaired) electrons. The summed E-state index contributed by atoms with van der Waals surface area (Å²) in [6.07, 6.45) is 1.42. The Hall–Kier alpha value is -3.23. The Morgan fingerprint density at radius 1 is 1.24 bits per heavy atom. The van der Waals surface area contributed by atoms with Gasteiger partial charge in [-0.1, -0.05) is 6.07 Å². The number of nitrogens with two attached hydrogens (primary N) is 1. The molecule has 3 aromatic rings. The van der Waals surface area contributed by atoms with Crippen LogP contribution in [0.25, 0.3) is 10.9 Å².